The van der Waals surface area contributed by atoms with Crippen molar-refractivity contribution in [3.8, 4) is 0 Å². The number of amides is 3. The fourth-order valence-electron chi connectivity index (χ4n) is 4.42. The predicted molar refractivity (Wildman–Crippen MR) is 128 cm³/mol. The Balaban J connectivity index is 1.85. The molecule has 0 aromatic heterocycles. The van der Waals surface area contributed by atoms with Crippen LogP contribution in [0.4, 0.5) is 10.5 Å². The topological polar surface area (TPSA) is 52.7 Å². The van der Waals surface area contributed by atoms with Crippen molar-refractivity contribution in [2.24, 2.45) is 0 Å². The third-order valence-corrected chi connectivity index (χ3v) is 7.57. The van der Waals surface area contributed by atoms with Crippen LogP contribution in [-0.4, -0.2) is 34.2 Å². The van der Waals surface area contributed by atoms with Crippen LogP contribution in [0.5, 0.6) is 0 Å². The molecule has 2 aliphatic heterocycles. The molecule has 0 aliphatic carbocycles. The van der Waals surface area contributed by atoms with E-state index in [2.05, 4.69) is 19.2 Å². The number of halogens is 1. The summed E-state index contributed by atoms with van der Waals surface area (Å²) in [7, 11) is 0. The number of rotatable bonds is 3. The second kappa shape index (κ2) is 7.75. The highest BCUT2D eigenvalue weighted by molar-refractivity contribution is 8.02. The van der Waals surface area contributed by atoms with E-state index in [4.69, 9.17) is 11.6 Å². The number of aryl methyl sites for hydroxylation is 1. The van der Waals surface area contributed by atoms with Crippen LogP contribution >= 0.6 is 23.4 Å². The average molecular weight is 458 g/mol. The summed E-state index contributed by atoms with van der Waals surface area (Å²) < 4.78 is -0.289. The van der Waals surface area contributed by atoms with E-state index in [9.17, 15) is 9.59 Å². The second-order valence-corrected chi connectivity index (χ2v) is 11.5. The minimum absolute atomic E-state index is 0.0309. The number of carbonyl (C=O) groups excluding carboxylic acids is 2. The summed E-state index contributed by atoms with van der Waals surface area (Å²) in [5, 5.41) is 3.54. The molecular formula is C24H28ClN3O2S. The Morgan fingerprint density at radius 1 is 1.23 bits per heavy atom. The van der Waals surface area contributed by atoms with Crippen LogP contribution in [-0.2, 0) is 16.2 Å². The Labute approximate surface area is 193 Å². The lowest BCUT2D eigenvalue weighted by Gasteiger charge is -2.33. The van der Waals surface area contributed by atoms with Gasteiger partial charge in [0.25, 0.3) is 5.91 Å². The summed E-state index contributed by atoms with van der Waals surface area (Å²) in [6, 6.07) is 13.3. The number of nitrogens with zero attached hydrogens (tertiary/aromatic N) is 2. The number of hydrogen-bond donors (Lipinski definition) is 1. The standard InChI is InChI=1S/C24H28ClN3O2S/c1-15(2)26-22(30)28-14-23(4,5)31-24(28)19-12-18(25)10-11-20(19)27(21(24)29)13-17-9-7-6-8-16(17)3/h6-12,15H,13-14H2,1-5H3,(H,26,30)/t24-/m1/s1. The molecule has 1 fully saturated rings. The van der Waals surface area contributed by atoms with Gasteiger partial charge in [-0.15, -0.1) is 11.8 Å². The third kappa shape index (κ3) is 3.70. The van der Waals surface area contributed by atoms with Gasteiger partial charge < -0.3 is 10.2 Å². The molecule has 7 heteroatoms. The lowest BCUT2D eigenvalue weighted by molar-refractivity contribution is -0.123. The van der Waals surface area contributed by atoms with Crippen LogP contribution in [0.25, 0.3) is 0 Å². The van der Waals surface area contributed by atoms with E-state index < -0.39 is 4.87 Å². The second-order valence-electron chi connectivity index (χ2n) is 9.18. The SMILES string of the molecule is Cc1ccccc1CN1C(=O)[C@]2(SC(C)(C)CN2C(=O)NC(C)C)c2cc(Cl)ccc21. The summed E-state index contributed by atoms with van der Waals surface area (Å²) in [6.07, 6.45) is 0. The molecule has 0 unspecified atom stereocenters. The summed E-state index contributed by atoms with van der Waals surface area (Å²) >= 11 is 7.92. The number of urea groups is 1. The first-order valence-corrected chi connectivity index (χ1v) is 11.7. The molecule has 2 aromatic rings. The zero-order chi connectivity index (χ0) is 22.6. The maximum Gasteiger partial charge on any atom is 0.319 e. The van der Waals surface area contributed by atoms with Gasteiger partial charge in [0.2, 0.25) is 0 Å². The van der Waals surface area contributed by atoms with Gasteiger partial charge in [0, 0.05) is 27.9 Å². The lowest BCUT2D eigenvalue weighted by atomic mass is 10.0. The van der Waals surface area contributed by atoms with Crippen molar-refractivity contribution in [2.45, 2.75) is 56.8 Å². The van der Waals surface area contributed by atoms with Crippen LogP contribution in [0, 0.1) is 6.92 Å². The highest BCUT2D eigenvalue weighted by atomic mass is 35.5. The van der Waals surface area contributed by atoms with Crippen molar-refractivity contribution in [1.82, 2.24) is 10.2 Å². The minimum Gasteiger partial charge on any atom is -0.336 e. The quantitative estimate of drug-likeness (QED) is 0.680. The first-order chi connectivity index (χ1) is 14.5. The molecule has 1 spiro atoms. The largest absolute Gasteiger partial charge is 0.336 e. The molecule has 1 saturated heterocycles. The van der Waals surface area contributed by atoms with E-state index in [1.54, 1.807) is 15.9 Å². The van der Waals surface area contributed by atoms with Gasteiger partial charge in [-0.25, -0.2) is 4.79 Å². The van der Waals surface area contributed by atoms with Crippen LogP contribution < -0.4 is 10.2 Å². The Kier molecular flexibility index (Phi) is 5.51. The normalized spacial score (nSPS) is 21.8. The molecule has 4 rings (SSSR count). The number of thioether (sulfide) groups is 1. The highest BCUT2D eigenvalue weighted by Gasteiger charge is 2.63. The van der Waals surface area contributed by atoms with Gasteiger partial charge in [0.1, 0.15) is 0 Å². The lowest BCUT2D eigenvalue weighted by Crippen LogP contribution is -2.54. The molecule has 2 heterocycles. The zero-order valence-corrected chi connectivity index (χ0v) is 20.1. The van der Waals surface area contributed by atoms with E-state index in [-0.39, 0.29) is 22.7 Å². The smallest absolute Gasteiger partial charge is 0.319 e. The van der Waals surface area contributed by atoms with Crippen molar-refractivity contribution in [1.29, 1.82) is 0 Å². The first-order valence-electron chi connectivity index (χ1n) is 10.5. The fraction of sp³-hybridized carbons (Fsp3) is 0.417. The minimum atomic E-state index is -1.13. The monoisotopic (exact) mass is 457 g/mol. The molecular weight excluding hydrogens is 430 g/mol. The van der Waals surface area contributed by atoms with E-state index in [1.807, 2.05) is 57.2 Å². The van der Waals surface area contributed by atoms with Crippen molar-refractivity contribution >= 4 is 41.0 Å². The van der Waals surface area contributed by atoms with E-state index in [0.29, 0.717) is 18.1 Å². The van der Waals surface area contributed by atoms with Gasteiger partial charge in [-0.3, -0.25) is 9.69 Å². The fourth-order valence-corrected chi connectivity index (χ4v) is 6.31. The number of benzene rings is 2. The summed E-state index contributed by atoms with van der Waals surface area (Å²) in [5.74, 6) is -0.0949. The van der Waals surface area contributed by atoms with Gasteiger partial charge in [0.05, 0.1) is 12.2 Å². The molecule has 2 aromatic carbocycles. The predicted octanol–water partition coefficient (Wildman–Crippen LogP) is 5.29. The van der Waals surface area contributed by atoms with Gasteiger partial charge in [-0.05, 0) is 63.9 Å². The Morgan fingerprint density at radius 3 is 2.61 bits per heavy atom. The molecule has 1 N–H and O–H groups in total. The molecule has 164 valence electrons. The van der Waals surface area contributed by atoms with Crippen LogP contribution in [0.1, 0.15) is 44.4 Å². The van der Waals surface area contributed by atoms with E-state index >= 15 is 0 Å². The third-order valence-electron chi connectivity index (χ3n) is 5.74. The zero-order valence-electron chi connectivity index (χ0n) is 18.5. The highest BCUT2D eigenvalue weighted by Crippen LogP contribution is 2.60. The van der Waals surface area contributed by atoms with Gasteiger partial charge >= 0.3 is 6.03 Å². The number of hydrogen-bond acceptors (Lipinski definition) is 3. The number of anilines is 1. The Bertz CT molecular complexity index is 1050. The van der Waals surface area contributed by atoms with Gasteiger partial charge in [-0.1, -0.05) is 35.9 Å². The van der Waals surface area contributed by atoms with Gasteiger partial charge in [0.15, 0.2) is 4.87 Å². The Morgan fingerprint density at radius 2 is 1.94 bits per heavy atom. The van der Waals surface area contributed by atoms with Crippen LogP contribution in [0.15, 0.2) is 42.5 Å². The van der Waals surface area contributed by atoms with Crippen LogP contribution in [0.2, 0.25) is 5.02 Å². The van der Waals surface area contributed by atoms with Crippen LogP contribution in [0.3, 0.4) is 0 Å². The average Bonchev–Trinajstić information content (AvgIpc) is 3.09. The number of fused-ring (bicyclic) bond motifs is 2. The molecule has 3 amide bonds. The summed E-state index contributed by atoms with van der Waals surface area (Å²) in [6.45, 7) is 10.9. The maximum atomic E-state index is 14.1. The summed E-state index contributed by atoms with van der Waals surface area (Å²) in [5.41, 5.74) is 3.80. The molecule has 31 heavy (non-hydrogen) atoms. The molecule has 0 bridgehead atoms. The molecule has 1 atom stereocenters. The van der Waals surface area contributed by atoms with E-state index in [1.165, 1.54) is 11.8 Å². The Hall–Kier alpha value is -2.18. The van der Waals surface area contributed by atoms with Crippen molar-refractivity contribution in [3.63, 3.8) is 0 Å². The number of nitrogens with one attached hydrogen (secondary N) is 1. The summed E-state index contributed by atoms with van der Waals surface area (Å²) in [4.78, 5) is 29.8. The molecule has 0 saturated carbocycles. The first kappa shape index (κ1) is 22.0. The van der Waals surface area contributed by atoms with Crippen molar-refractivity contribution in [2.75, 3.05) is 11.4 Å². The maximum absolute atomic E-state index is 14.1. The molecule has 5 nitrogen and oxygen atoms in total. The van der Waals surface area contributed by atoms with E-state index in [0.717, 1.165) is 22.4 Å². The molecule has 0 radical (unpaired) electrons. The number of carbonyl (C=O) groups is 2. The molecule has 2 aliphatic rings. The van der Waals surface area contributed by atoms with Crippen molar-refractivity contribution in [3.05, 3.63) is 64.2 Å². The van der Waals surface area contributed by atoms with Gasteiger partial charge in [-0.2, -0.15) is 0 Å². The van der Waals surface area contributed by atoms with Crippen molar-refractivity contribution < 1.29 is 9.59 Å².